The molecule has 0 fully saturated rings. The van der Waals surface area contributed by atoms with Gasteiger partial charge in [0.1, 0.15) is 4.57 Å². The summed E-state index contributed by atoms with van der Waals surface area (Å²) in [6.07, 6.45) is 0. The molecule has 0 saturated carbocycles. The first-order valence-corrected chi connectivity index (χ1v) is 5.86. The summed E-state index contributed by atoms with van der Waals surface area (Å²) in [4.78, 5) is 17.6. The van der Waals surface area contributed by atoms with Crippen LogP contribution in [-0.2, 0) is 4.57 Å². The molecule has 0 bridgehead atoms. The van der Waals surface area contributed by atoms with Gasteiger partial charge in [-0.3, -0.25) is 4.57 Å². The first-order chi connectivity index (χ1) is 5.52. The van der Waals surface area contributed by atoms with Crippen molar-refractivity contribution in [3.63, 3.8) is 0 Å². The van der Waals surface area contributed by atoms with Crippen molar-refractivity contribution < 1.29 is 14.4 Å². The van der Waals surface area contributed by atoms with Gasteiger partial charge in [0, 0.05) is 0 Å². The molecule has 0 radical (unpaired) electrons. The fraction of sp³-hybridized carbons (Fsp3) is 0.143. The van der Waals surface area contributed by atoms with E-state index in [4.69, 9.17) is 9.79 Å². The highest BCUT2D eigenvalue weighted by Gasteiger charge is 2.26. The maximum absolute atomic E-state index is 10.8. The number of hydrogen-bond donors (Lipinski definition) is 2. The van der Waals surface area contributed by atoms with E-state index in [-0.39, 0.29) is 0 Å². The molecule has 1 rings (SSSR count). The lowest BCUT2D eigenvalue weighted by Crippen LogP contribution is -1.90. The molecule has 1 aromatic carbocycles. The monoisotopic (exact) mass is 250 g/mol. The van der Waals surface area contributed by atoms with Crippen molar-refractivity contribution in [3.8, 4) is 0 Å². The Bertz CT molecular complexity index is 295. The molecule has 0 aromatic heterocycles. The summed E-state index contributed by atoms with van der Waals surface area (Å²) in [6, 6.07) is 8.60. The molecule has 5 heteroatoms. The molecular formula is C7H8BrO3P. The third kappa shape index (κ3) is 2.42. The number of rotatable bonds is 2. The third-order valence-electron chi connectivity index (χ3n) is 1.37. The van der Waals surface area contributed by atoms with E-state index in [9.17, 15) is 4.57 Å². The predicted octanol–water partition coefficient (Wildman–Crippen LogP) is 2.26. The highest BCUT2D eigenvalue weighted by molar-refractivity contribution is 9.10. The van der Waals surface area contributed by atoms with Crippen molar-refractivity contribution in [3.05, 3.63) is 35.9 Å². The maximum Gasteiger partial charge on any atom is 0.343 e. The molecule has 1 unspecified atom stereocenters. The topological polar surface area (TPSA) is 57.5 Å². The van der Waals surface area contributed by atoms with Crippen molar-refractivity contribution in [1.82, 2.24) is 0 Å². The van der Waals surface area contributed by atoms with Crippen LogP contribution in [-0.4, -0.2) is 9.79 Å². The zero-order valence-corrected chi connectivity index (χ0v) is 8.57. The third-order valence-corrected chi connectivity index (χ3v) is 4.39. The van der Waals surface area contributed by atoms with E-state index in [1.54, 1.807) is 30.3 Å². The van der Waals surface area contributed by atoms with Gasteiger partial charge in [0.2, 0.25) is 0 Å². The number of hydrogen-bond acceptors (Lipinski definition) is 1. The van der Waals surface area contributed by atoms with Crippen LogP contribution in [0.1, 0.15) is 10.1 Å². The van der Waals surface area contributed by atoms with E-state index in [0.29, 0.717) is 5.56 Å². The minimum Gasteiger partial charge on any atom is -0.323 e. The van der Waals surface area contributed by atoms with E-state index in [0.717, 1.165) is 0 Å². The zero-order valence-electron chi connectivity index (χ0n) is 6.09. The molecule has 3 nitrogen and oxygen atoms in total. The molecule has 0 aliphatic rings. The molecule has 0 aliphatic carbocycles. The van der Waals surface area contributed by atoms with Crippen molar-refractivity contribution in [2.75, 3.05) is 0 Å². The van der Waals surface area contributed by atoms with Gasteiger partial charge in [-0.15, -0.1) is 0 Å². The van der Waals surface area contributed by atoms with Crippen LogP contribution in [0.4, 0.5) is 0 Å². The molecule has 0 aliphatic heterocycles. The average molecular weight is 251 g/mol. The number of alkyl halides is 1. The summed E-state index contributed by atoms with van der Waals surface area (Å²) >= 11 is 2.94. The summed E-state index contributed by atoms with van der Waals surface area (Å²) in [7, 11) is -4.06. The second-order valence-electron chi connectivity index (χ2n) is 2.34. The number of benzene rings is 1. The Balaban J connectivity index is 2.94. The van der Waals surface area contributed by atoms with Crippen LogP contribution >= 0.6 is 23.5 Å². The zero-order chi connectivity index (χ0) is 9.19. The van der Waals surface area contributed by atoms with Gasteiger partial charge in [-0.05, 0) is 5.56 Å². The van der Waals surface area contributed by atoms with Crippen LogP contribution in [0.25, 0.3) is 0 Å². The Kier molecular flexibility index (Phi) is 3.07. The highest BCUT2D eigenvalue weighted by Crippen LogP contribution is 2.55. The maximum atomic E-state index is 10.8. The van der Waals surface area contributed by atoms with Gasteiger partial charge < -0.3 is 9.79 Å². The fourth-order valence-electron chi connectivity index (χ4n) is 0.806. The molecular weight excluding hydrogens is 243 g/mol. The van der Waals surface area contributed by atoms with Gasteiger partial charge >= 0.3 is 7.60 Å². The summed E-state index contributed by atoms with van der Waals surface area (Å²) in [6.45, 7) is 0. The van der Waals surface area contributed by atoms with Crippen LogP contribution in [0.2, 0.25) is 0 Å². The normalized spacial score (nSPS) is 14.2. The van der Waals surface area contributed by atoms with E-state index >= 15 is 0 Å². The second-order valence-corrected chi connectivity index (χ2v) is 5.65. The molecule has 0 saturated heterocycles. The molecule has 1 aromatic rings. The Morgan fingerprint density at radius 1 is 1.25 bits per heavy atom. The van der Waals surface area contributed by atoms with Gasteiger partial charge in [0.25, 0.3) is 0 Å². The molecule has 0 heterocycles. The smallest absolute Gasteiger partial charge is 0.323 e. The van der Waals surface area contributed by atoms with Gasteiger partial charge in [0.15, 0.2) is 0 Å². The van der Waals surface area contributed by atoms with Crippen LogP contribution in [0.15, 0.2) is 30.3 Å². The fourth-order valence-corrected chi connectivity index (χ4v) is 1.67. The second kappa shape index (κ2) is 3.71. The molecule has 2 N–H and O–H groups in total. The van der Waals surface area contributed by atoms with E-state index in [1.807, 2.05) is 0 Å². The van der Waals surface area contributed by atoms with Gasteiger partial charge in [-0.25, -0.2) is 0 Å². The molecule has 0 amide bonds. The van der Waals surface area contributed by atoms with Crippen LogP contribution < -0.4 is 0 Å². The van der Waals surface area contributed by atoms with Crippen molar-refractivity contribution in [1.29, 1.82) is 0 Å². The predicted molar refractivity (Wildman–Crippen MR) is 50.2 cm³/mol. The molecule has 0 spiro atoms. The van der Waals surface area contributed by atoms with E-state index in [2.05, 4.69) is 15.9 Å². The first kappa shape index (κ1) is 9.93. The van der Waals surface area contributed by atoms with E-state index in [1.165, 1.54) is 0 Å². The van der Waals surface area contributed by atoms with Crippen molar-refractivity contribution in [2.24, 2.45) is 0 Å². The Morgan fingerprint density at radius 3 is 2.17 bits per heavy atom. The van der Waals surface area contributed by atoms with Gasteiger partial charge in [-0.2, -0.15) is 0 Å². The van der Waals surface area contributed by atoms with Crippen LogP contribution in [0.3, 0.4) is 0 Å². The Labute approximate surface area is 78.7 Å². The van der Waals surface area contributed by atoms with Gasteiger partial charge in [0.05, 0.1) is 0 Å². The first-order valence-electron chi connectivity index (χ1n) is 3.26. The molecule has 1 atom stereocenters. The Morgan fingerprint density at radius 2 is 1.75 bits per heavy atom. The minimum atomic E-state index is -4.06. The lowest BCUT2D eigenvalue weighted by Gasteiger charge is -2.10. The van der Waals surface area contributed by atoms with Crippen molar-refractivity contribution >= 4 is 23.5 Å². The van der Waals surface area contributed by atoms with Crippen LogP contribution in [0.5, 0.6) is 0 Å². The lowest BCUT2D eigenvalue weighted by atomic mass is 10.2. The Hall–Kier alpha value is -0.150. The summed E-state index contributed by atoms with van der Waals surface area (Å²) in [5.74, 6) is 0. The minimum absolute atomic E-state index is 0.589. The summed E-state index contributed by atoms with van der Waals surface area (Å²) in [5, 5.41) is 0. The SMILES string of the molecule is O=P(O)(O)C(Br)c1ccccc1. The van der Waals surface area contributed by atoms with Gasteiger partial charge in [-0.1, -0.05) is 46.3 Å². The summed E-state index contributed by atoms with van der Waals surface area (Å²) in [5.41, 5.74) is 0.589. The number of halogens is 1. The van der Waals surface area contributed by atoms with E-state index < -0.39 is 12.2 Å². The largest absolute Gasteiger partial charge is 0.343 e. The molecule has 66 valence electrons. The highest BCUT2D eigenvalue weighted by atomic mass is 79.9. The average Bonchev–Trinajstić information content (AvgIpc) is 2.03. The lowest BCUT2D eigenvalue weighted by molar-refractivity contribution is 0.371. The standard InChI is InChI=1S/C7H8BrO3P/c8-7(12(9,10)11)6-4-2-1-3-5-6/h1-5,7H,(H2,9,10,11). The summed E-state index contributed by atoms with van der Waals surface area (Å²) < 4.78 is 9.88. The molecule has 12 heavy (non-hydrogen) atoms. The van der Waals surface area contributed by atoms with Crippen molar-refractivity contribution in [2.45, 2.75) is 4.57 Å². The quantitative estimate of drug-likeness (QED) is 0.626. The van der Waals surface area contributed by atoms with Crippen LogP contribution in [0, 0.1) is 0 Å².